The van der Waals surface area contributed by atoms with E-state index in [1.807, 2.05) is 67.6 Å². The largest absolute Gasteiger partial charge is 0.460 e. The molecule has 5 atom stereocenters. The van der Waals surface area contributed by atoms with E-state index in [1.165, 1.54) is 6.92 Å². The van der Waals surface area contributed by atoms with Crippen LogP contribution in [0.4, 0.5) is 0 Å². The number of hydrogen-bond acceptors (Lipinski definition) is 6. The molecular formula is C39H60O6Si2. The lowest BCUT2D eigenvalue weighted by Gasteiger charge is -2.40. The number of carbonyl (C=O) groups excluding carboxylic acids is 1. The van der Waals surface area contributed by atoms with Crippen LogP contribution in [0, 0.1) is 11.8 Å². The van der Waals surface area contributed by atoms with Crippen molar-refractivity contribution in [2.45, 2.75) is 142 Å². The van der Waals surface area contributed by atoms with Gasteiger partial charge in [0.15, 0.2) is 16.6 Å². The van der Waals surface area contributed by atoms with E-state index in [1.54, 1.807) is 6.08 Å². The van der Waals surface area contributed by atoms with Gasteiger partial charge in [-0.25, -0.2) is 0 Å². The van der Waals surface area contributed by atoms with Gasteiger partial charge in [-0.1, -0.05) is 120 Å². The maximum atomic E-state index is 12.0. The topological polar surface area (TPSA) is 63.2 Å². The van der Waals surface area contributed by atoms with Crippen LogP contribution in [-0.2, 0) is 41.1 Å². The van der Waals surface area contributed by atoms with Crippen molar-refractivity contribution in [1.82, 2.24) is 0 Å². The molecule has 0 saturated heterocycles. The summed E-state index contributed by atoms with van der Waals surface area (Å²) in [6, 6.07) is 20.1. The lowest BCUT2D eigenvalue weighted by molar-refractivity contribution is -0.155. The molecule has 0 aromatic heterocycles. The van der Waals surface area contributed by atoms with E-state index < -0.39 is 47.2 Å². The van der Waals surface area contributed by atoms with Crippen molar-refractivity contribution in [1.29, 1.82) is 0 Å². The Morgan fingerprint density at radius 2 is 1.26 bits per heavy atom. The molecule has 260 valence electrons. The number of hydrogen-bond donors (Lipinski definition) is 0. The van der Waals surface area contributed by atoms with Gasteiger partial charge in [0, 0.05) is 13.3 Å². The van der Waals surface area contributed by atoms with Crippen LogP contribution in [0.5, 0.6) is 0 Å². The Bertz CT molecular complexity index is 1300. The van der Waals surface area contributed by atoms with Crippen LogP contribution in [0.3, 0.4) is 0 Å². The molecule has 0 amide bonds. The second-order valence-electron chi connectivity index (χ2n) is 15.3. The van der Waals surface area contributed by atoms with Crippen molar-refractivity contribution < 1.29 is 27.9 Å². The van der Waals surface area contributed by atoms with Gasteiger partial charge in [0.1, 0.15) is 24.4 Å². The van der Waals surface area contributed by atoms with E-state index >= 15 is 0 Å². The summed E-state index contributed by atoms with van der Waals surface area (Å²) >= 11 is 0. The summed E-state index contributed by atoms with van der Waals surface area (Å²) in [4.78, 5) is 12.0. The smallest absolute Gasteiger partial charge is 0.302 e. The van der Waals surface area contributed by atoms with Crippen molar-refractivity contribution >= 4 is 22.6 Å². The fourth-order valence-electron chi connectivity index (χ4n) is 4.28. The van der Waals surface area contributed by atoms with Crippen LogP contribution < -0.4 is 0 Å². The molecule has 0 aliphatic heterocycles. The van der Waals surface area contributed by atoms with Gasteiger partial charge in [-0.05, 0) is 54.3 Å². The molecule has 2 aromatic carbocycles. The molecule has 0 unspecified atom stereocenters. The van der Waals surface area contributed by atoms with Crippen LogP contribution in [-0.4, -0.2) is 53.1 Å². The Balaban J connectivity index is 2.54. The molecule has 0 fully saturated rings. The van der Waals surface area contributed by atoms with Gasteiger partial charge in [0.2, 0.25) is 0 Å². The van der Waals surface area contributed by atoms with E-state index in [2.05, 4.69) is 86.2 Å². The molecule has 2 aromatic rings. The summed E-state index contributed by atoms with van der Waals surface area (Å²) in [5, 5.41) is -0.0841. The Morgan fingerprint density at radius 3 is 1.70 bits per heavy atom. The summed E-state index contributed by atoms with van der Waals surface area (Å²) in [7, 11) is -4.55. The van der Waals surface area contributed by atoms with E-state index in [0.29, 0.717) is 19.6 Å². The summed E-state index contributed by atoms with van der Waals surface area (Å²) in [6.45, 7) is 30.3. The van der Waals surface area contributed by atoms with Crippen molar-refractivity contribution in [3.05, 3.63) is 84.4 Å². The minimum Gasteiger partial charge on any atom is -0.460 e. The van der Waals surface area contributed by atoms with Gasteiger partial charge in [-0.3, -0.25) is 4.79 Å². The zero-order valence-corrected chi connectivity index (χ0v) is 33.0. The highest BCUT2D eigenvalue weighted by molar-refractivity contribution is 6.74. The van der Waals surface area contributed by atoms with Gasteiger partial charge in [-0.2, -0.15) is 0 Å². The van der Waals surface area contributed by atoms with Crippen LogP contribution in [0.1, 0.15) is 72.9 Å². The third-order valence-corrected chi connectivity index (χ3v) is 18.2. The van der Waals surface area contributed by atoms with E-state index in [-0.39, 0.29) is 16.0 Å². The first kappa shape index (κ1) is 40.7. The predicted molar refractivity (Wildman–Crippen MR) is 198 cm³/mol. The Kier molecular flexibility index (Phi) is 15.4. The third kappa shape index (κ3) is 13.5. The van der Waals surface area contributed by atoms with E-state index in [0.717, 1.165) is 11.1 Å². The molecular weight excluding hydrogens is 621 g/mol. The predicted octanol–water partition coefficient (Wildman–Crippen LogP) is 9.47. The first-order valence-corrected chi connectivity index (χ1v) is 22.5. The lowest BCUT2D eigenvalue weighted by atomic mass is 10.1. The standard InChI is InChI=1S/C39H60O6Si2/c1-14-35(41-28-32-21-17-15-18-22-32)36(45-47(12,13)39(7,8)9)26-25-34(44-46(10,11)38(4,5)6)27-37(30(2)43-31(3)40)42-29-33-23-19-16-20-24-33/h14-24,30,34-37H,1,27-29H2,2-13H3/t30-,34+,35-,36-,37+/m0/s1. The maximum absolute atomic E-state index is 12.0. The summed E-state index contributed by atoms with van der Waals surface area (Å²) < 4.78 is 32.4. The van der Waals surface area contributed by atoms with Crippen molar-refractivity contribution in [2.75, 3.05) is 0 Å². The Morgan fingerprint density at radius 1 is 0.787 bits per heavy atom. The normalized spacial score (nSPS) is 15.8. The van der Waals surface area contributed by atoms with Crippen LogP contribution in [0.15, 0.2) is 73.3 Å². The number of rotatable bonds is 16. The highest BCUT2D eigenvalue weighted by Gasteiger charge is 2.42. The Hall–Kier alpha value is -2.52. The molecule has 0 radical (unpaired) electrons. The van der Waals surface area contributed by atoms with Crippen molar-refractivity contribution in [2.24, 2.45) is 0 Å². The number of ether oxygens (including phenoxy) is 3. The second-order valence-corrected chi connectivity index (χ2v) is 24.8. The number of benzene rings is 2. The molecule has 0 saturated carbocycles. The maximum Gasteiger partial charge on any atom is 0.302 e. The van der Waals surface area contributed by atoms with Gasteiger partial charge in [-0.15, -0.1) is 6.58 Å². The average molecular weight is 681 g/mol. The molecule has 8 heteroatoms. The monoisotopic (exact) mass is 680 g/mol. The van der Waals surface area contributed by atoms with Gasteiger partial charge in [0.25, 0.3) is 0 Å². The SMILES string of the molecule is C=C[C@H](OCc1ccccc1)[C@H](C#C[C@H](C[C@@H](OCc1ccccc1)[C@H](C)OC(C)=O)O[Si](C)(C)C(C)(C)C)O[Si](C)(C)C(C)(C)C. The quantitative estimate of drug-likeness (QED) is 0.0762. The van der Waals surface area contributed by atoms with E-state index in [4.69, 9.17) is 23.1 Å². The number of carbonyl (C=O) groups is 1. The first-order valence-electron chi connectivity index (χ1n) is 16.7. The zero-order valence-electron chi connectivity index (χ0n) is 31.0. The highest BCUT2D eigenvalue weighted by atomic mass is 28.4. The average Bonchev–Trinajstić information content (AvgIpc) is 2.97. The number of esters is 1. The van der Waals surface area contributed by atoms with Crippen LogP contribution >= 0.6 is 0 Å². The molecule has 47 heavy (non-hydrogen) atoms. The minimum absolute atomic E-state index is 0.0368. The fraction of sp³-hybridized carbons (Fsp3) is 0.564. The van der Waals surface area contributed by atoms with Crippen molar-refractivity contribution in [3.8, 4) is 11.8 Å². The molecule has 0 N–H and O–H groups in total. The van der Waals surface area contributed by atoms with E-state index in [9.17, 15) is 4.79 Å². The summed E-state index contributed by atoms with van der Waals surface area (Å²) in [6.07, 6.45) is -0.275. The molecule has 6 nitrogen and oxygen atoms in total. The van der Waals surface area contributed by atoms with Gasteiger partial charge >= 0.3 is 5.97 Å². The Labute approximate surface area is 287 Å². The molecule has 0 spiro atoms. The second kappa shape index (κ2) is 17.8. The van der Waals surface area contributed by atoms with Crippen LogP contribution in [0.2, 0.25) is 36.3 Å². The van der Waals surface area contributed by atoms with Gasteiger partial charge < -0.3 is 23.1 Å². The summed E-state index contributed by atoms with van der Waals surface area (Å²) in [5.41, 5.74) is 2.10. The molecule has 0 aliphatic carbocycles. The van der Waals surface area contributed by atoms with Crippen molar-refractivity contribution in [3.63, 3.8) is 0 Å². The minimum atomic E-state index is -2.28. The fourth-order valence-corrected chi connectivity index (χ4v) is 6.69. The zero-order chi connectivity index (χ0) is 35.5. The van der Waals surface area contributed by atoms with Gasteiger partial charge in [0.05, 0.1) is 19.3 Å². The summed E-state index contributed by atoms with van der Waals surface area (Å²) in [5.74, 6) is 6.60. The molecule has 2 rings (SSSR count). The highest BCUT2D eigenvalue weighted by Crippen LogP contribution is 2.39. The lowest BCUT2D eigenvalue weighted by Crippen LogP contribution is -2.47. The van der Waals surface area contributed by atoms with Crippen LogP contribution in [0.25, 0.3) is 0 Å². The third-order valence-electron chi connectivity index (χ3n) is 9.30. The molecule has 0 bridgehead atoms. The molecule has 0 heterocycles. The first-order chi connectivity index (χ1) is 21.8. The molecule has 0 aliphatic rings.